The molecule has 3 unspecified atom stereocenters. The Labute approximate surface area is 170 Å². The van der Waals surface area contributed by atoms with Crippen LogP contribution in [0.4, 0.5) is 5.69 Å². The number of nitrogens with one attached hydrogen (secondary N) is 2. The maximum absolute atomic E-state index is 12.5. The highest BCUT2D eigenvalue weighted by atomic mass is 35.5. The van der Waals surface area contributed by atoms with Gasteiger partial charge in [0.1, 0.15) is 0 Å². The largest absolute Gasteiger partial charge is 0.326 e. The van der Waals surface area contributed by atoms with E-state index in [0.717, 1.165) is 11.1 Å². The molecule has 2 aromatic rings. The third kappa shape index (κ3) is 5.18. The van der Waals surface area contributed by atoms with E-state index in [9.17, 15) is 14.4 Å². The van der Waals surface area contributed by atoms with Gasteiger partial charge in [0.15, 0.2) is 0 Å². The molecular formula is C21H24ClN3O3. The summed E-state index contributed by atoms with van der Waals surface area (Å²) in [4.78, 5) is 35.4. The molecule has 3 amide bonds. The fourth-order valence-corrected chi connectivity index (χ4v) is 3.16. The van der Waals surface area contributed by atoms with Crippen LogP contribution in [0.5, 0.6) is 0 Å². The number of carbonyl (C=O) groups excluding carboxylic acids is 3. The molecule has 148 valence electrons. The van der Waals surface area contributed by atoms with Crippen LogP contribution in [0.2, 0.25) is 0 Å². The molecule has 0 saturated carbocycles. The van der Waals surface area contributed by atoms with E-state index in [2.05, 4.69) is 10.6 Å². The topological polar surface area (TPSA) is 101 Å². The van der Waals surface area contributed by atoms with Crippen LogP contribution in [0, 0.1) is 11.8 Å². The predicted molar refractivity (Wildman–Crippen MR) is 110 cm³/mol. The Hall–Kier alpha value is -2.70. The lowest BCUT2D eigenvalue weighted by atomic mass is 9.94. The quantitative estimate of drug-likeness (QED) is 0.647. The molecule has 6 nitrogen and oxygen atoms in total. The minimum Gasteiger partial charge on any atom is -0.326 e. The number of imide groups is 1. The number of carbonyl (C=O) groups is 3. The molecule has 1 fully saturated rings. The molecule has 0 spiro atoms. The molecule has 4 N–H and O–H groups in total. The first-order chi connectivity index (χ1) is 12.9. The van der Waals surface area contributed by atoms with E-state index in [-0.39, 0.29) is 54.4 Å². The first kappa shape index (κ1) is 21.6. The van der Waals surface area contributed by atoms with Crippen LogP contribution in [0.3, 0.4) is 0 Å². The molecule has 1 heterocycles. The summed E-state index contributed by atoms with van der Waals surface area (Å²) in [7, 11) is 0. The lowest BCUT2D eigenvalue weighted by Crippen LogP contribution is -2.30. The number of nitrogens with two attached hydrogens (primary N) is 1. The maximum Gasteiger partial charge on any atom is 0.230 e. The van der Waals surface area contributed by atoms with E-state index in [4.69, 9.17) is 5.73 Å². The second kappa shape index (κ2) is 9.48. The van der Waals surface area contributed by atoms with Gasteiger partial charge in [0.2, 0.25) is 17.7 Å². The van der Waals surface area contributed by atoms with E-state index in [1.54, 1.807) is 19.1 Å². The molecule has 3 rings (SSSR count). The van der Waals surface area contributed by atoms with Gasteiger partial charge in [-0.25, -0.2) is 0 Å². The number of rotatable bonds is 6. The third-order valence-corrected chi connectivity index (χ3v) is 4.91. The van der Waals surface area contributed by atoms with Gasteiger partial charge in [-0.3, -0.25) is 19.7 Å². The number of hydrogen-bond donors (Lipinski definition) is 3. The van der Waals surface area contributed by atoms with Crippen molar-refractivity contribution in [3.63, 3.8) is 0 Å². The van der Waals surface area contributed by atoms with Gasteiger partial charge in [0.05, 0.1) is 11.8 Å². The van der Waals surface area contributed by atoms with Crippen LogP contribution in [0.25, 0.3) is 0 Å². The molecule has 0 bridgehead atoms. The van der Waals surface area contributed by atoms with E-state index in [1.807, 2.05) is 42.5 Å². The second-order valence-electron chi connectivity index (χ2n) is 6.93. The summed E-state index contributed by atoms with van der Waals surface area (Å²) in [5, 5.41) is 5.19. The van der Waals surface area contributed by atoms with Gasteiger partial charge in [0, 0.05) is 18.2 Å². The first-order valence-electron chi connectivity index (χ1n) is 8.98. The van der Waals surface area contributed by atoms with Gasteiger partial charge >= 0.3 is 0 Å². The van der Waals surface area contributed by atoms with Crippen molar-refractivity contribution in [3.05, 3.63) is 65.7 Å². The molecule has 0 aromatic heterocycles. The Morgan fingerprint density at radius 1 is 1.14 bits per heavy atom. The minimum atomic E-state index is -0.389. The van der Waals surface area contributed by atoms with Gasteiger partial charge in [-0.2, -0.15) is 0 Å². The average molecular weight is 402 g/mol. The summed E-state index contributed by atoms with van der Waals surface area (Å²) in [6, 6.07) is 16.4. The van der Waals surface area contributed by atoms with Crippen LogP contribution < -0.4 is 16.4 Å². The highest BCUT2D eigenvalue weighted by Crippen LogP contribution is 2.22. The van der Waals surface area contributed by atoms with Crippen LogP contribution in [0.15, 0.2) is 54.6 Å². The molecule has 0 aliphatic carbocycles. The highest BCUT2D eigenvalue weighted by molar-refractivity contribution is 6.03. The average Bonchev–Trinajstić information content (AvgIpc) is 2.99. The van der Waals surface area contributed by atoms with Crippen LogP contribution in [-0.4, -0.2) is 17.7 Å². The van der Waals surface area contributed by atoms with E-state index >= 15 is 0 Å². The van der Waals surface area contributed by atoms with Crippen molar-refractivity contribution >= 4 is 35.8 Å². The molecule has 28 heavy (non-hydrogen) atoms. The van der Waals surface area contributed by atoms with Crippen molar-refractivity contribution in [2.24, 2.45) is 17.6 Å². The lowest BCUT2D eigenvalue weighted by molar-refractivity contribution is -0.126. The number of anilines is 1. The number of benzene rings is 2. The van der Waals surface area contributed by atoms with E-state index in [0.29, 0.717) is 12.1 Å². The zero-order valence-corrected chi connectivity index (χ0v) is 16.4. The van der Waals surface area contributed by atoms with Gasteiger partial charge in [-0.15, -0.1) is 12.4 Å². The van der Waals surface area contributed by atoms with Crippen molar-refractivity contribution in [2.45, 2.75) is 25.8 Å². The van der Waals surface area contributed by atoms with Crippen molar-refractivity contribution < 1.29 is 14.4 Å². The standard InChI is InChI=1S/C21H23N3O3.ClH/c1-13(19(22)15-5-3-2-4-6-15)20(26)23-17-9-7-14(8-10-17)11-16-12-18(25)24-21(16)27;/h2-10,13,16,19H,11-12,22H2,1H3,(H,23,26)(H,24,25,27);1H. The Morgan fingerprint density at radius 2 is 1.79 bits per heavy atom. The Kier molecular flexibility index (Phi) is 7.31. The molecule has 1 aliphatic rings. The molecule has 3 atom stereocenters. The van der Waals surface area contributed by atoms with Crippen molar-refractivity contribution in [1.29, 1.82) is 0 Å². The Morgan fingerprint density at radius 3 is 2.36 bits per heavy atom. The van der Waals surface area contributed by atoms with Crippen molar-refractivity contribution in [2.75, 3.05) is 5.32 Å². The van der Waals surface area contributed by atoms with E-state index < -0.39 is 0 Å². The summed E-state index contributed by atoms with van der Waals surface area (Å²) >= 11 is 0. The molecule has 1 saturated heterocycles. The smallest absolute Gasteiger partial charge is 0.230 e. The molecule has 1 aliphatic heterocycles. The zero-order valence-electron chi connectivity index (χ0n) is 15.6. The van der Waals surface area contributed by atoms with Crippen LogP contribution in [0.1, 0.15) is 30.5 Å². The predicted octanol–water partition coefficient (Wildman–Crippen LogP) is 2.59. The maximum atomic E-state index is 12.5. The molecule has 2 aromatic carbocycles. The fraction of sp³-hybridized carbons (Fsp3) is 0.286. The normalized spacial score (nSPS) is 18.0. The monoisotopic (exact) mass is 401 g/mol. The summed E-state index contributed by atoms with van der Waals surface area (Å²) < 4.78 is 0. The van der Waals surface area contributed by atoms with Crippen molar-refractivity contribution in [3.8, 4) is 0 Å². The van der Waals surface area contributed by atoms with Gasteiger partial charge in [-0.1, -0.05) is 49.4 Å². The third-order valence-electron chi connectivity index (χ3n) is 4.91. The molecule has 7 heteroatoms. The summed E-state index contributed by atoms with van der Waals surface area (Å²) in [6.07, 6.45) is 0.729. The fourth-order valence-electron chi connectivity index (χ4n) is 3.16. The zero-order chi connectivity index (χ0) is 19.4. The Bertz CT molecular complexity index is 840. The van der Waals surface area contributed by atoms with Crippen molar-refractivity contribution in [1.82, 2.24) is 5.32 Å². The van der Waals surface area contributed by atoms with Crippen LogP contribution in [-0.2, 0) is 20.8 Å². The van der Waals surface area contributed by atoms with Crippen LogP contribution >= 0.6 is 12.4 Å². The summed E-state index contributed by atoms with van der Waals surface area (Å²) in [5.41, 5.74) is 8.73. The summed E-state index contributed by atoms with van der Waals surface area (Å²) in [6.45, 7) is 1.80. The van der Waals surface area contributed by atoms with Gasteiger partial charge < -0.3 is 11.1 Å². The van der Waals surface area contributed by atoms with Gasteiger partial charge in [0.25, 0.3) is 0 Å². The summed E-state index contributed by atoms with van der Waals surface area (Å²) in [5.74, 6) is -1.30. The molecular weight excluding hydrogens is 378 g/mol. The Balaban J connectivity index is 0.00000280. The SMILES string of the molecule is CC(C(=O)Nc1ccc(CC2CC(=O)NC2=O)cc1)C(N)c1ccccc1.Cl. The molecule has 0 radical (unpaired) electrons. The number of amides is 3. The number of halogens is 1. The minimum absolute atomic E-state index is 0. The second-order valence-corrected chi connectivity index (χ2v) is 6.93. The highest BCUT2D eigenvalue weighted by Gasteiger charge is 2.30. The number of hydrogen-bond acceptors (Lipinski definition) is 4. The lowest BCUT2D eigenvalue weighted by Gasteiger charge is -2.20. The van der Waals surface area contributed by atoms with Gasteiger partial charge in [-0.05, 0) is 29.7 Å². The first-order valence-corrected chi connectivity index (χ1v) is 8.98. The van der Waals surface area contributed by atoms with E-state index in [1.165, 1.54) is 0 Å².